The van der Waals surface area contributed by atoms with Gasteiger partial charge >= 0.3 is 5.97 Å². The molecule has 156 valence electrons. The number of nitrogens with zero attached hydrogens (tertiary/aromatic N) is 1. The lowest BCUT2D eigenvalue weighted by Crippen LogP contribution is -2.43. The molecule has 0 spiro atoms. The second kappa shape index (κ2) is 10.7. The first-order valence-corrected chi connectivity index (χ1v) is 9.47. The van der Waals surface area contributed by atoms with E-state index in [1.807, 2.05) is 0 Å². The molecular weight excluding hydrogens is 414 g/mol. The fraction of sp³-hybridized carbons (Fsp3) is 0.471. The quantitative estimate of drug-likeness (QED) is 0.351. The molecule has 0 heterocycles. The van der Waals surface area contributed by atoms with E-state index in [0.717, 1.165) is 4.90 Å². The van der Waals surface area contributed by atoms with E-state index in [0.29, 0.717) is 33.6 Å². The summed E-state index contributed by atoms with van der Waals surface area (Å²) in [6.45, 7) is 1.77. The Labute approximate surface area is 170 Å². The largest absolute Gasteiger partial charge is 0.480 e. The summed E-state index contributed by atoms with van der Waals surface area (Å²) in [5.74, 6) is -2.51. The second-order valence-electron chi connectivity index (χ2n) is 6.00. The molecule has 0 fully saturated rings. The number of carbonyl (C=O) groups excluding carboxylic acids is 2. The predicted octanol–water partition coefficient (Wildman–Crippen LogP) is -0.291. The minimum Gasteiger partial charge on any atom is -0.480 e. The highest BCUT2D eigenvalue weighted by Crippen LogP contribution is 2.31. The van der Waals surface area contributed by atoms with Crippen molar-refractivity contribution in [2.45, 2.75) is 32.2 Å². The Kier molecular flexibility index (Phi) is 9.34. The van der Waals surface area contributed by atoms with Gasteiger partial charge in [0.2, 0.25) is 11.0 Å². The number of benzene rings is 1. The van der Waals surface area contributed by atoms with Crippen molar-refractivity contribution in [3.05, 3.63) is 28.3 Å². The first kappa shape index (κ1) is 24.3. The highest BCUT2D eigenvalue weighted by atomic mass is 35.5. The number of aliphatic hydroxyl groups is 4. The third-order valence-corrected chi connectivity index (χ3v) is 5.24. The smallest absolute Gasteiger partial charge is 0.323 e. The predicted molar refractivity (Wildman–Crippen MR) is 103 cm³/mol. The van der Waals surface area contributed by atoms with Gasteiger partial charge in [-0.05, 0) is 31.0 Å². The van der Waals surface area contributed by atoms with Crippen LogP contribution in [0.1, 0.15) is 11.1 Å². The number of amides is 1. The number of carboxylic acid groups (broad SMARTS) is 1. The van der Waals surface area contributed by atoms with E-state index in [9.17, 15) is 29.7 Å². The number of carboxylic acids is 1. The van der Waals surface area contributed by atoms with Gasteiger partial charge < -0.3 is 25.5 Å². The van der Waals surface area contributed by atoms with E-state index in [2.05, 4.69) is 0 Å². The fourth-order valence-electron chi connectivity index (χ4n) is 2.41. The van der Waals surface area contributed by atoms with E-state index in [1.165, 1.54) is 0 Å². The lowest BCUT2D eigenvalue weighted by molar-refractivity contribution is -0.136. The van der Waals surface area contributed by atoms with E-state index in [4.69, 9.17) is 21.8 Å². The van der Waals surface area contributed by atoms with Crippen LogP contribution in [0, 0.1) is 13.8 Å². The van der Waals surface area contributed by atoms with Crippen LogP contribution in [0.25, 0.3) is 0 Å². The van der Waals surface area contributed by atoms with E-state index >= 15 is 0 Å². The molecule has 1 aromatic carbocycles. The molecule has 9 nitrogen and oxygen atoms in total. The average molecular weight is 436 g/mol. The van der Waals surface area contributed by atoms with Gasteiger partial charge in [0.15, 0.2) is 6.10 Å². The van der Waals surface area contributed by atoms with Crippen LogP contribution in [0.15, 0.2) is 12.1 Å². The first-order chi connectivity index (χ1) is 13.0. The van der Waals surface area contributed by atoms with Crippen LogP contribution in [-0.4, -0.2) is 79.7 Å². The molecular formula is C17H22ClNO8S. The number of halogens is 1. The standard InChI is InChI=1S/C17H22ClNO8S/c1-8-3-4-10(18)9(2)14(8)19(5-13(23)24)12(22)7-28-17(27)16(26)15(25)11(21)6-20/h3-4,11,15-16,20-21,25-26H,5-7H2,1-2H3,(H,23,24). The minimum absolute atomic E-state index is 0.309. The van der Waals surface area contributed by atoms with Crippen molar-refractivity contribution in [1.82, 2.24) is 0 Å². The zero-order valence-electron chi connectivity index (χ0n) is 15.2. The zero-order chi connectivity index (χ0) is 21.6. The second-order valence-corrected chi connectivity index (χ2v) is 7.39. The molecule has 5 N–H and O–H groups in total. The Morgan fingerprint density at radius 1 is 1.18 bits per heavy atom. The number of carbonyl (C=O) groups is 3. The topological polar surface area (TPSA) is 156 Å². The van der Waals surface area contributed by atoms with Gasteiger partial charge in [-0.15, -0.1) is 0 Å². The van der Waals surface area contributed by atoms with Gasteiger partial charge in [0.25, 0.3) is 0 Å². The SMILES string of the molecule is Cc1ccc(Cl)c(C)c1N(CC(=O)O)C(=O)CSC(=O)C(O)C(O)C(O)CO. The summed E-state index contributed by atoms with van der Waals surface area (Å²) in [6.07, 6.45) is -5.68. The van der Waals surface area contributed by atoms with Gasteiger partial charge in [0.1, 0.15) is 18.8 Å². The zero-order valence-corrected chi connectivity index (χ0v) is 16.8. The number of anilines is 1. The number of hydrogen-bond acceptors (Lipinski definition) is 8. The third kappa shape index (κ3) is 6.16. The molecule has 0 saturated carbocycles. The molecule has 1 amide bonds. The van der Waals surface area contributed by atoms with E-state index in [1.54, 1.807) is 26.0 Å². The molecule has 0 aromatic heterocycles. The number of aliphatic carboxylic acids is 1. The minimum atomic E-state index is -2.03. The van der Waals surface area contributed by atoms with Crippen molar-refractivity contribution in [2.75, 3.05) is 23.8 Å². The highest BCUT2D eigenvalue weighted by molar-refractivity contribution is 8.14. The lowest BCUT2D eigenvalue weighted by Gasteiger charge is -2.25. The Hall–Kier alpha value is -1.69. The normalized spacial score (nSPS) is 14.2. The van der Waals surface area contributed by atoms with Crippen molar-refractivity contribution in [1.29, 1.82) is 0 Å². The summed E-state index contributed by atoms with van der Waals surface area (Å²) < 4.78 is 0. The van der Waals surface area contributed by atoms with Crippen molar-refractivity contribution in [2.24, 2.45) is 0 Å². The van der Waals surface area contributed by atoms with E-state index < -0.39 is 54.2 Å². The summed E-state index contributed by atoms with van der Waals surface area (Å²) in [5, 5.41) is 45.7. The molecule has 0 aliphatic rings. The molecule has 3 unspecified atom stereocenters. The number of aliphatic hydroxyl groups excluding tert-OH is 4. The van der Waals surface area contributed by atoms with Gasteiger partial charge in [0.05, 0.1) is 18.0 Å². The molecule has 11 heteroatoms. The van der Waals surface area contributed by atoms with Crippen LogP contribution < -0.4 is 4.90 Å². The molecule has 0 aliphatic carbocycles. The molecule has 28 heavy (non-hydrogen) atoms. The maximum absolute atomic E-state index is 12.6. The van der Waals surface area contributed by atoms with Crippen LogP contribution in [0.2, 0.25) is 5.02 Å². The van der Waals surface area contributed by atoms with Crippen LogP contribution in [-0.2, 0) is 14.4 Å². The maximum Gasteiger partial charge on any atom is 0.323 e. The number of thioether (sulfide) groups is 1. The fourth-order valence-corrected chi connectivity index (χ4v) is 3.29. The number of aryl methyl sites for hydroxylation is 1. The molecule has 0 bridgehead atoms. The molecule has 1 rings (SSSR count). The lowest BCUT2D eigenvalue weighted by atomic mass is 10.1. The van der Waals surface area contributed by atoms with Crippen molar-refractivity contribution in [3.63, 3.8) is 0 Å². The van der Waals surface area contributed by atoms with Crippen molar-refractivity contribution < 1.29 is 39.9 Å². The Morgan fingerprint density at radius 3 is 2.32 bits per heavy atom. The molecule has 1 aromatic rings. The number of hydrogen-bond donors (Lipinski definition) is 5. The van der Waals surface area contributed by atoms with Crippen LogP contribution in [0.4, 0.5) is 5.69 Å². The van der Waals surface area contributed by atoms with Crippen molar-refractivity contribution >= 4 is 46.0 Å². The summed E-state index contributed by atoms with van der Waals surface area (Å²) >= 11 is 6.42. The molecule has 0 saturated heterocycles. The number of rotatable bonds is 9. The van der Waals surface area contributed by atoms with Crippen LogP contribution in [0.3, 0.4) is 0 Å². The van der Waals surface area contributed by atoms with Gasteiger partial charge in [-0.25, -0.2) is 0 Å². The van der Waals surface area contributed by atoms with Crippen LogP contribution >= 0.6 is 23.4 Å². The monoisotopic (exact) mass is 435 g/mol. The third-order valence-electron chi connectivity index (χ3n) is 3.92. The average Bonchev–Trinajstić information content (AvgIpc) is 2.65. The summed E-state index contributed by atoms with van der Waals surface area (Å²) in [4.78, 5) is 36.7. The van der Waals surface area contributed by atoms with E-state index in [-0.39, 0.29) is 0 Å². The molecule has 0 radical (unpaired) electrons. The summed E-state index contributed by atoms with van der Waals surface area (Å²) in [6, 6.07) is 3.24. The Bertz CT molecular complexity index is 744. The van der Waals surface area contributed by atoms with Gasteiger partial charge in [-0.3, -0.25) is 19.3 Å². The maximum atomic E-state index is 12.6. The first-order valence-electron chi connectivity index (χ1n) is 8.10. The Balaban J connectivity index is 2.98. The van der Waals surface area contributed by atoms with Gasteiger partial charge in [-0.1, -0.05) is 29.4 Å². The molecule has 0 aliphatic heterocycles. The molecule has 3 atom stereocenters. The summed E-state index contributed by atoms with van der Waals surface area (Å²) in [7, 11) is 0. The van der Waals surface area contributed by atoms with Crippen LogP contribution in [0.5, 0.6) is 0 Å². The highest BCUT2D eigenvalue weighted by Gasteiger charge is 2.31. The van der Waals surface area contributed by atoms with Gasteiger partial charge in [0, 0.05) is 5.02 Å². The Morgan fingerprint density at radius 2 is 1.79 bits per heavy atom. The van der Waals surface area contributed by atoms with Gasteiger partial charge in [-0.2, -0.15) is 0 Å². The van der Waals surface area contributed by atoms with Crippen molar-refractivity contribution in [3.8, 4) is 0 Å². The summed E-state index contributed by atoms with van der Waals surface area (Å²) in [5.41, 5.74) is 1.41.